The number of aromatic nitrogens is 2. The van der Waals surface area contributed by atoms with Gasteiger partial charge in [-0.1, -0.05) is 18.2 Å². The van der Waals surface area contributed by atoms with Crippen molar-refractivity contribution in [3.8, 4) is 0 Å². The summed E-state index contributed by atoms with van der Waals surface area (Å²) in [4.78, 5) is 26.8. The van der Waals surface area contributed by atoms with Gasteiger partial charge in [-0.05, 0) is 88.5 Å². The van der Waals surface area contributed by atoms with Crippen LogP contribution in [0.5, 0.6) is 0 Å². The number of nitrogens with one attached hydrogen (secondary N) is 1. The summed E-state index contributed by atoms with van der Waals surface area (Å²) >= 11 is 1.60. The van der Waals surface area contributed by atoms with Gasteiger partial charge in [0.2, 0.25) is 5.91 Å². The maximum atomic E-state index is 13.4. The fraction of sp³-hybridized carbons (Fsp3) is 0.577. The minimum atomic E-state index is -0.638. The van der Waals surface area contributed by atoms with Gasteiger partial charge in [-0.3, -0.25) is 9.59 Å². The first-order valence-corrected chi connectivity index (χ1v) is 12.9. The molecule has 2 atom stereocenters. The number of carbonyl (C=O) groups is 1. The summed E-state index contributed by atoms with van der Waals surface area (Å²) in [5, 5.41) is 9.53. The second kappa shape index (κ2) is 7.14. The van der Waals surface area contributed by atoms with Gasteiger partial charge in [0.15, 0.2) is 0 Å². The Morgan fingerprint density at radius 2 is 1.75 bits per heavy atom. The monoisotopic (exact) mass is 449 g/mol. The Balaban J connectivity index is 1.30. The highest BCUT2D eigenvalue weighted by atomic mass is 32.1. The molecule has 4 aliphatic carbocycles. The van der Waals surface area contributed by atoms with Gasteiger partial charge in [0.1, 0.15) is 6.04 Å². The first-order chi connectivity index (χ1) is 15.3. The van der Waals surface area contributed by atoms with E-state index in [2.05, 4.69) is 17.3 Å². The molecular weight excluding hydrogens is 418 g/mol. The highest BCUT2D eigenvalue weighted by Gasteiger charge is 2.53. The molecule has 0 aliphatic heterocycles. The molecular formula is C26H31N3O2S. The number of carbonyl (C=O) groups excluding carboxylic acids is 1. The van der Waals surface area contributed by atoms with Crippen LogP contribution in [0, 0.1) is 30.1 Å². The van der Waals surface area contributed by atoms with Crippen LogP contribution < -0.4 is 10.9 Å². The molecule has 6 heteroatoms. The first-order valence-electron chi connectivity index (χ1n) is 12.1. The van der Waals surface area contributed by atoms with Crippen LogP contribution in [0.3, 0.4) is 0 Å². The van der Waals surface area contributed by atoms with Crippen molar-refractivity contribution >= 4 is 37.4 Å². The summed E-state index contributed by atoms with van der Waals surface area (Å²) < 4.78 is 3.40. The summed E-state index contributed by atoms with van der Waals surface area (Å²) in [6.07, 6.45) is 7.92. The van der Waals surface area contributed by atoms with Crippen LogP contribution in [-0.2, 0) is 4.79 Å². The molecule has 0 spiro atoms. The average molecular weight is 450 g/mol. The highest BCUT2D eigenvalue weighted by molar-refractivity contribution is 7.26. The summed E-state index contributed by atoms with van der Waals surface area (Å²) in [6.45, 7) is 5.92. The molecule has 2 aromatic heterocycles. The predicted molar refractivity (Wildman–Crippen MR) is 129 cm³/mol. The van der Waals surface area contributed by atoms with Crippen molar-refractivity contribution < 1.29 is 4.79 Å². The third kappa shape index (κ3) is 2.98. The number of amides is 1. The third-order valence-electron chi connectivity index (χ3n) is 8.71. The Labute approximate surface area is 192 Å². The van der Waals surface area contributed by atoms with E-state index < -0.39 is 6.04 Å². The van der Waals surface area contributed by atoms with E-state index in [9.17, 15) is 9.59 Å². The topological polar surface area (TPSA) is 64.0 Å². The van der Waals surface area contributed by atoms with Crippen LogP contribution in [0.2, 0.25) is 0 Å². The Morgan fingerprint density at radius 1 is 1.12 bits per heavy atom. The zero-order valence-corrected chi connectivity index (χ0v) is 19.9. The summed E-state index contributed by atoms with van der Waals surface area (Å²) in [5.74, 6) is 2.44. The fourth-order valence-corrected chi connectivity index (χ4v) is 8.58. The number of nitrogens with zero attached hydrogens (tertiary/aromatic N) is 2. The van der Waals surface area contributed by atoms with E-state index in [4.69, 9.17) is 0 Å². The van der Waals surface area contributed by atoms with Crippen molar-refractivity contribution in [3.63, 3.8) is 0 Å². The Bertz CT molecular complexity index is 1250. The van der Waals surface area contributed by atoms with Crippen LogP contribution in [0.25, 0.3) is 20.2 Å². The van der Waals surface area contributed by atoms with E-state index in [0.29, 0.717) is 5.39 Å². The maximum Gasteiger partial charge on any atom is 0.276 e. The molecule has 0 radical (unpaired) electrons. The molecule has 1 N–H and O–H groups in total. The van der Waals surface area contributed by atoms with Crippen molar-refractivity contribution in [2.75, 3.05) is 0 Å². The van der Waals surface area contributed by atoms with Crippen molar-refractivity contribution in [2.24, 2.45) is 23.2 Å². The van der Waals surface area contributed by atoms with Gasteiger partial charge in [0.25, 0.3) is 5.56 Å². The van der Waals surface area contributed by atoms with E-state index >= 15 is 0 Å². The molecule has 4 saturated carbocycles. The molecule has 7 rings (SSSR count). The van der Waals surface area contributed by atoms with E-state index in [1.54, 1.807) is 18.3 Å². The summed E-state index contributed by atoms with van der Waals surface area (Å²) in [7, 11) is 0. The van der Waals surface area contributed by atoms with Gasteiger partial charge in [-0.15, -0.1) is 11.3 Å². The lowest BCUT2D eigenvalue weighted by molar-refractivity contribution is -0.129. The number of hydrogen-bond acceptors (Lipinski definition) is 4. The van der Waals surface area contributed by atoms with Gasteiger partial charge in [-0.25, -0.2) is 4.68 Å². The van der Waals surface area contributed by atoms with Crippen LogP contribution in [0.15, 0.2) is 29.1 Å². The minimum absolute atomic E-state index is 0.0962. The lowest BCUT2D eigenvalue weighted by atomic mass is 9.48. The zero-order chi connectivity index (χ0) is 22.2. The third-order valence-corrected chi connectivity index (χ3v) is 9.99. The molecule has 5 nitrogen and oxygen atoms in total. The largest absolute Gasteiger partial charge is 0.351 e. The first kappa shape index (κ1) is 20.4. The molecule has 3 aromatic rings. The maximum absolute atomic E-state index is 13.4. The van der Waals surface area contributed by atoms with Crippen molar-refractivity contribution in [2.45, 2.75) is 71.4 Å². The lowest BCUT2D eigenvalue weighted by Gasteiger charge is -2.59. The average Bonchev–Trinajstić information content (AvgIpc) is 3.15. The van der Waals surface area contributed by atoms with Crippen molar-refractivity contribution in [1.29, 1.82) is 0 Å². The fourth-order valence-electron chi connectivity index (χ4n) is 7.45. The van der Waals surface area contributed by atoms with Crippen molar-refractivity contribution in [3.05, 3.63) is 40.3 Å². The lowest BCUT2D eigenvalue weighted by Crippen LogP contribution is -2.56. The molecule has 168 valence electrons. The molecule has 2 heterocycles. The second-order valence-corrected chi connectivity index (χ2v) is 11.9. The molecule has 4 fully saturated rings. The van der Waals surface area contributed by atoms with Gasteiger partial charge >= 0.3 is 0 Å². The van der Waals surface area contributed by atoms with E-state index in [1.165, 1.54) is 43.2 Å². The highest BCUT2D eigenvalue weighted by Crippen LogP contribution is 2.61. The molecule has 4 aliphatic rings. The Morgan fingerprint density at radius 3 is 2.41 bits per heavy atom. The summed E-state index contributed by atoms with van der Waals surface area (Å²) in [5.41, 5.74) is 0.870. The second-order valence-electron chi connectivity index (χ2n) is 10.8. The minimum Gasteiger partial charge on any atom is -0.351 e. The van der Waals surface area contributed by atoms with Gasteiger partial charge in [0, 0.05) is 16.1 Å². The number of hydrogen-bond donors (Lipinski definition) is 1. The normalized spacial score (nSPS) is 30.7. The Kier molecular flexibility index (Phi) is 4.55. The molecule has 0 saturated heterocycles. The quantitative estimate of drug-likeness (QED) is 0.595. The van der Waals surface area contributed by atoms with Crippen molar-refractivity contribution in [1.82, 2.24) is 15.1 Å². The molecule has 1 amide bonds. The number of rotatable bonds is 4. The predicted octanol–water partition coefficient (Wildman–Crippen LogP) is 5.20. The van der Waals surface area contributed by atoms with Gasteiger partial charge in [-0.2, -0.15) is 5.10 Å². The van der Waals surface area contributed by atoms with Crippen LogP contribution in [0.1, 0.15) is 64.1 Å². The van der Waals surface area contributed by atoms with Crippen LogP contribution in [-0.4, -0.2) is 21.7 Å². The smallest absolute Gasteiger partial charge is 0.276 e. The molecule has 32 heavy (non-hydrogen) atoms. The zero-order valence-electron chi connectivity index (χ0n) is 19.1. The summed E-state index contributed by atoms with van der Waals surface area (Å²) in [6, 6.07) is 7.46. The van der Waals surface area contributed by atoms with Gasteiger partial charge < -0.3 is 5.32 Å². The van der Waals surface area contributed by atoms with E-state index in [0.717, 1.165) is 38.2 Å². The number of fused-ring (bicyclic) bond motifs is 3. The standard InChI is InChI=1S/C26H31N3O2S/c1-14-23-22(20-6-4-5-7-21(20)32-23)25(31)29(28-14)15(2)24(30)27-16(3)26-11-17-8-18(12-26)10-19(9-17)13-26/h4-7,15-19H,8-13H2,1-3H3,(H,27,30)/t15-,16-,17?,18?,19?,26?/m1/s1. The van der Waals surface area contributed by atoms with E-state index in [-0.39, 0.29) is 22.9 Å². The SMILES string of the molecule is Cc1nn([C@H](C)C(=O)N[C@H](C)C23CC4CC(CC(C4)C2)C3)c(=O)c2c1sc1ccccc12. The molecule has 4 bridgehead atoms. The van der Waals surface area contributed by atoms with Gasteiger partial charge in [0.05, 0.1) is 15.8 Å². The number of benzene rings is 1. The molecule has 1 aromatic carbocycles. The number of thiophene rings is 1. The van der Waals surface area contributed by atoms with Crippen LogP contribution in [0.4, 0.5) is 0 Å². The van der Waals surface area contributed by atoms with E-state index in [1.807, 2.05) is 31.2 Å². The molecule has 0 unspecified atom stereocenters. The number of aryl methyl sites for hydroxylation is 1. The Hall–Kier alpha value is -2.21. The van der Waals surface area contributed by atoms with Crippen LogP contribution >= 0.6 is 11.3 Å².